The molecule has 136 valence electrons. The van der Waals surface area contributed by atoms with Crippen molar-refractivity contribution in [3.8, 4) is 28.7 Å². The molecule has 1 aliphatic rings. The summed E-state index contributed by atoms with van der Waals surface area (Å²) < 4.78 is 12.0. The Morgan fingerprint density at radius 3 is 2.46 bits per heavy atom. The summed E-state index contributed by atoms with van der Waals surface area (Å²) in [5.74, 6) is -0.380. The van der Waals surface area contributed by atoms with Gasteiger partial charge >= 0.3 is 5.97 Å². The lowest BCUT2D eigenvalue weighted by molar-refractivity contribution is 0.0735. The predicted octanol–water partition coefficient (Wildman–Crippen LogP) is 5.88. The Morgan fingerprint density at radius 1 is 1.19 bits per heavy atom. The van der Waals surface area contributed by atoms with Gasteiger partial charge in [0.2, 0.25) is 0 Å². The van der Waals surface area contributed by atoms with E-state index in [1.807, 2.05) is 19.9 Å². The van der Waals surface area contributed by atoms with Crippen molar-refractivity contribution in [2.24, 2.45) is 0 Å². The minimum Gasteiger partial charge on any atom is -0.506 e. The first kappa shape index (κ1) is 18.6. The van der Waals surface area contributed by atoms with E-state index in [2.05, 4.69) is 15.9 Å². The van der Waals surface area contributed by atoms with Gasteiger partial charge in [0.05, 0.1) is 9.50 Å². The van der Waals surface area contributed by atoms with Gasteiger partial charge in [-0.3, -0.25) is 0 Å². The molecule has 1 aliphatic heterocycles. The standard InChI is InChI=1S/C19H16BrClO5/c1-5-7(2)12-14(20)16(23)9(4)17-18(12)25-11-6-10(22)15(21)8(3)13(11)19(24)26-17/h5-6,22-23H,1-4H3/b7-5+. The fourth-order valence-corrected chi connectivity index (χ4v) is 3.76. The van der Waals surface area contributed by atoms with E-state index in [0.29, 0.717) is 21.2 Å². The van der Waals surface area contributed by atoms with Gasteiger partial charge in [-0.05, 0) is 54.8 Å². The molecule has 0 spiro atoms. The first-order valence-electron chi connectivity index (χ1n) is 7.79. The third-order valence-electron chi connectivity index (χ3n) is 4.44. The lowest BCUT2D eigenvalue weighted by Crippen LogP contribution is -2.10. The molecule has 0 atom stereocenters. The zero-order valence-electron chi connectivity index (χ0n) is 14.5. The number of aromatic hydroxyl groups is 2. The molecule has 0 amide bonds. The average Bonchev–Trinajstić information content (AvgIpc) is 2.74. The van der Waals surface area contributed by atoms with Crippen LogP contribution in [-0.2, 0) is 0 Å². The van der Waals surface area contributed by atoms with Gasteiger partial charge in [0, 0.05) is 17.2 Å². The second-order valence-corrected chi connectivity index (χ2v) is 7.16. The topological polar surface area (TPSA) is 76.0 Å². The summed E-state index contributed by atoms with van der Waals surface area (Å²) in [7, 11) is 0. The second-order valence-electron chi connectivity index (χ2n) is 5.99. The van der Waals surface area contributed by atoms with E-state index in [1.165, 1.54) is 6.07 Å². The van der Waals surface area contributed by atoms with E-state index < -0.39 is 5.97 Å². The van der Waals surface area contributed by atoms with Crippen molar-refractivity contribution in [1.82, 2.24) is 0 Å². The number of carbonyl (C=O) groups excluding carboxylic acids is 1. The second kappa shape index (κ2) is 6.52. The average molecular weight is 440 g/mol. The van der Waals surface area contributed by atoms with Gasteiger partial charge in [-0.2, -0.15) is 0 Å². The molecule has 0 aliphatic carbocycles. The summed E-state index contributed by atoms with van der Waals surface area (Å²) in [5, 5.41) is 20.5. The first-order valence-corrected chi connectivity index (χ1v) is 8.96. The number of ether oxygens (including phenoxy) is 2. The van der Waals surface area contributed by atoms with Gasteiger partial charge in [0.25, 0.3) is 0 Å². The number of carbonyl (C=O) groups is 1. The maximum absolute atomic E-state index is 12.7. The van der Waals surface area contributed by atoms with E-state index >= 15 is 0 Å². The lowest BCUT2D eigenvalue weighted by Gasteiger charge is -2.18. The number of phenolic OH excluding ortho intramolecular Hbond substituents is 2. The third-order valence-corrected chi connectivity index (χ3v) is 5.69. The monoisotopic (exact) mass is 438 g/mol. The van der Waals surface area contributed by atoms with Crippen LogP contribution in [0, 0.1) is 13.8 Å². The minimum atomic E-state index is -0.674. The minimum absolute atomic E-state index is 0.0418. The Labute approximate surface area is 163 Å². The lowest BCUT2D eigenvalue weighted by atomic mass is 10.0. The van der Waals surface area contributed by atoms with E-state index in [-0.39, 0.29) is 39.3 Å². The number of esters is 1. The van der Waals surface area contributed by atoms with Crippen molar-refractivity contribution in [2.75, 3.05) is 0 Å². The van der Waals surface area contributed by atoms with Crippen LogP contribution in [0.1, 0.15) is 40.9 Å². The summed E-state index contributed by atoms with van der Waals surface area (Å²) in [5.41, 5.74) is 2.19. The highest BCUT2D eigenvalue weighted by atomic mass is 79.9. The molecule has 0 aromatic heterocycles. The molecule has 0 bridgehead atoms. The number of fused-ring (bicyclic) bond motifs is 2. The first-order chi connectivity index (χ1) is 12.2. The fraction of sp³-hybridized carbons (Fsp3) is 0.211. The normalized spacial score (nSPS) is 13.5. The van der Waals surface area contributed by atoms with Crippen LogP contribution in [0.25, 0.3) is 5.57 Å². The molecule has 0 saturated carbocycles. The van der Waals surface area contributed by atoms with Crippen molar-refractivity contribution in [3.63, 3.8) is 0 Å². The van der Waals surface area contributed by atoms with Crippen molar-refractivity contribution in [2.45, 2.75) is 27.7 Å². The van der Waals surface area contributed by atoms with E-state index in [1.54, 1.807) is 13.8 Å². The Hall–Kier alpha value is -2.18. The van der Waals surface area contributed by atoms with Crippen LogP contribution in [0.5, 0.6) is 28.7 Å². The molecule has 2 N–H and O–H groups in total. The van der Waals surface area contributed by atoms with Crippen LogP contribution >= 0.6 is 27.5 Å². The van der Waals surface area contributed by atoms with E-state index in [0.717, 1.165) is 5.57 Å². The number of rotatable bonds is 1. The molecule has 5 nitrogen and oxygen atoms in total. The summed E-state index contributed by atoms with van der Waals surface area (Å²) in [6, 6.07) is 1.28. The predicted molar refractivity (Wildman–Crippen MR) is 103 cm³/mol. The fourth-order valence-electron chi connectivity index (χ4n) is 2.83. The van der Waals surface area contributed by atoms with Gasteiger partial charge in [0.1, 0.15) is 22.8 Å². The SMILES string of the molecule is C/C=C(\C)c1c(Br)c(O)c(C)c2c1Oc1cc(O)c(Cl)c(C)c1C(=O)O2. The highest BCUT2D eigenvalue weighted by Gasteiger charge is 2.33. The van der Waals surface area contributed by atoms with E-state index in [4.69, 9.17) is 21.1 Å². The number of benzene rings is 2. The number of hydrogen-bond donors (Lipinski definition) is 2. The molecule has 0 saturated heterocycles. The Balaban J connectivity index is 2.40. The molecule has 0 unspecified atom stereocenters. The number of hydrogen-bond acceptors (Lipinski definition) is 5. The van der Waals surface area contributed by atoms with Crippen LogP contribution in [0.3, 0.4) is 0 Å². The van der Waals surface area contributed by atoms with Crippen molar-refractivity contribution < 1.29 is 24.5 Å². The number of allylic oxidation sites excluding steroid dienone is 2. The van der Waals surface area contributed by atoms with Gasteiger partial charge in [-0.25, -0.2) is 4.79 Å². The van der Waals surface area contributed by atoms with Gasteiger partial charge in [-0.15, -0.1) is 0 Å². The van der Waals surface area contributed by atoms with Gasteiger partial charge in [0.15, 0.2) is 11.5 Å². The molecule has 1 heterocycles. The van der Waals surface area contributed by atoms with Gasteiger partial charge < -0.3 is 19.7 Å². The van der Waals surface area contributed by atoms with Crippen LogP contribution in [0.2, 0.25) is 5.02 Å². The smallest absolute Gasteiger partial charge is 0.347 e. The Bertz CT molecular complexity index is 995. The molecular weight excluding hydrogens is 424 g/mol. The zero-order valence-corrected chi connectivity index (χ0v) is 16.9. The maximum Gasteiger partial charge on any atom is 0.347 e. The molecule has 0 fully saturated rings. The summed E-state index contributed by atoms with van der Waals surface area (Å²) in [6.07, 6.45) is 1.84. The highest BCUT2D eigenvalue weighted by Crippen LogP contribution is 2.52. The van der Waals surface area contributed by atoms with Gasteiger partial charge in [-0.1, -0.05) is 17.7 Å². The summed E-state index contributed by atoms with van der Waals surface area (Å²) in [4.78, 5) is 12.7. The van der Waals surface area contributed by atoms with Crippen LogP contribution in [0.15, 0.2) is 16.6 Å². The van der Waals surface area contributed by atoms with Crippen LogP contribution < -0.4 is 9.47 Å². The Morgan fingerprint density at radius 2 is 1.85 bits per heavy atom. The summed E-state index contributed by atoms with van der Waals surface area (Å²) >= 11 is 9.45. The van der Waals surface area contributed by atoms with Crippen molar-refractivity contribution in [1.29, 1.82) is 0 Å². The molecule has 7 heteroatoms. The molecule has 26 heavy (non-hydrogen) atoms. The zero-order chi connectivity index (χ0) is 19.3. The third kappa shape index (κ3) is 2.64. The summed E-state index contributed by atoms with van der Waals surface area (Å²) in [6.45, 7) is 6.91. The van der Waals surface area contributed by atoms with Crippen LogP contribution in [0.4, 0.5) is 0 Å². The van der Waals surface area contributed by atoms with E-state index in [9.17, 15) is 15.0 Å². The van der Waals surface area contributed by atoms with Crippen LogP contribution in [-0.4, -0.2) is 16.2 Å². The highest BCUT2D eigenvalue weighted by molar-refractivity contribution is 9.10. The molecular formula is C19H16BrClO5. The van der Waals surface area contributed by atoms with Crippen molar-refractivity contribution >= 4 is 39.1 Å². The maximum atomic E-state index is 12.7. The quantitative estimate of drug-likeness (QED) is 0.429. The number of phenols is 2. The molecule has 2 aromatic rings. The van der Waals surface area contributed by atoms with Crippen molar-refractivity contribution in [3.05, 3.63) is 43.9 Å². The molecule has 0 radical (unpaired) electrons. The Kier molecular flexibility index (Phi) is 4.67. The molecule has 2 aromatic carbocycles. The largest absolute Gasteiger partial charge is 0.506 e. The number of halogens is 2. The molecule has 3 rings (SSSR count).